The minimum Gasteiger partial charge on any atom is -0.480 e. The van der Waals surface area contributed by atoms with Crippen molar-refractivity contribution in [2.45, 2.75) is 53.0 Å². The van der Waals surface area contributed by atoms with E-state index < -0.39 is 11.5 Å². The molecule has 0 spiro atoms. The van der Waals surface area contributed by atoms with Crippen molar-refractivity contribution >= 4 is 11.9 Å². The number of amides is 1. The molecule has 0 aliphatic carbocycles. The van der Waals surface area contributed by atoms with Crippen molar-refractivity contribution < 1.29 is 19.2 Å². The summed E-state index contributed by atoms with van der Waals surface area (Å²) in [5.74, 6) is -0.485. The minimum atomic E-state index is -1.01. The lowest BCUT2D eigenvalue weighted by molar-refractivity contribution is -0.148. The number of carboxylic acids is 1. The predicted molar refractivity (Wildman–Crippen MR) is 73.4 cm³/mol. The Hall–Kier alpha value is -1.85. The van der Waals surface area contributed by atoms with Gasteiger partial charge in [-0.15, -0.1) is 0 Å². The van der Waals surface area contributed by atoms with Gasteiger partial charge in [-0.2, -0.15) is 0 Å². The Morgan fingerprint density at radius 3 is 2.30 bits per heavy atom. The Morgan fingerprint density at radius 1 is 1.30 bits per heavy atom. The van der Waals surface area contributed by atoms with Crippen LogP contribution >= 0.6 is 0 Å². The number of aryl methyl sites for hydroxylation is 2. The van der Waals surface area contributed by atoms with Crippen LogP contribution in [-0.2, 0) is 16.0 Å². The third-order valence-electron chi connectivity index (χ3n) is 3.17. The summed E-state index contributed by atoms with van der Waals surface area (Å²) in [5.41, 5.74) is 1.17. The van der Waals surface area contributed by atoms with Gasteiger partial charge < -0.3 is 14.5 Å². The molecular formula is C14H22N2O4. The highest BCUT2D eigenvalue weighted by molar-refractivity contribution is 5.82. The van der Waals surface area contributed by atoms with Crippen molar-refractivity contribution in [1.82, 2.24) is 10.1 Å². The zero-order valence-corrected chi connectivity index (χ0v) is 12.7. The molecule has 1 aromatic heterocycles. The fraction of sp³-hybridized carbons (Fsp3) is 0.643. The highest BCUT2D eigenvalue weighted by Crippen LogP contribution is 2.18. The fourth-order valence-electron chi connectivity index (χ4n) is 2.06. The number of carbonyl (C=O) groups excluding carboxylic acids is 1. The summed E-state index contributed by atoms with van der Waals surface area (Å²) in [6.45, 7) is 8.81. The molecule has 0 unspecified atom stereocenters. The smallest absolute Gasteiger partial charge is 0.323 e. The SMILES string of the molecule is Cc1noc(C)c1CCC(=O)N(CC(=O)O)C(C)(C)C. The number of carbonyl (C=O) groups is 2. The maximum Gasteiger partial charge on any atom is 0.323 e. The van der Waals surface area contributed by atoms with Crippen molar-refractivity contribution in [3.8, 4) is 0 Å². The van der Waals surface area contributed by atoms with Crippen LogP contribution in [0.5, 0.6) is 0 Å². The molecule has 112 valence electrons. The Labute approximate surface area is 118 Å². The number of rotatable bonds is 5. The molecule has 0 radical (unpaired) electrons. The van der Waals surface area contributed by atoms with E-state index in [2.05, 4.69) is 5.16 Å². The van der Waals surface area contributed by atoms with Gasteiger partial charge in [-0.3, -0.25) is 9.59 Å². The summed E-state index contributed by atoms with van der Waals surface area (Å²) in [7, 11) is 0. The van der Waals surface area contributed by atoms with Crippen LogP contribution in [0.3, 0.4) is 0 Å². The first-order chi connectivity index (χ1) is 9.12. The largest absolute Gasteiger partial charge is 0.480 e. The van der Waals surface area contributed by atoms with Crippen molar-refractivity contribution in [3.63, 3.8) is 0 Å². The molecule has 0 fully saturated rings. The highest BCUT2D eigenvalue weighted by atomic mass is 16.5. The predicted octanol–water partition coefficient (Wildman–Crippen LogP) is 1.94. The molecule has 0 bridgehead atoms. The van der Waals surface area contributed by atoms with E-state index in [0.29, 0.717) is 12.2 Å². The minimum absolute atomic E-state index is 0.181. The quantitative estimate of drug-likeness (QED) is 0.892. The topological polar surface area (TPSA) is 83.6 Å². The average molecular weight is 282 g/mol. The van der Waals surface area contributed by atoms with Gasteiger partial charge in [-0.05, 0) is 41.0 Å². The molecule has 1 heterocycles. The summed E-state index contributed by atoms with van der Waals surface area (Å²) >= 11 is 0. The lowest BCUT2D eigenvalue weighted by atomic mass is 10.0. The normalized spacial score (nSPS) is 11.4. The molecule has 1 rings (SSSR count). The summed E-state index contributed by atoms with van der Waals surface area (Å²) in [6, 6.07) is 0. The molecule has 20 heavy (non-hydrogen) atoms. The molecule has 0 aliphatic heterocycles. The number of hydrogen-bond acceptors (Lipinski definition) is 4. The standard InChI is InChI=1S/C14H22N2O4/c1-9-11(10(2)20-15-9)6-7-12(17)16(8-13(18)19)14(3,4)5/h6-8H2,1-5H3,(H,18,19). The first-order valence-corrected chi connectivity index (χ1v) is 6.57. The van der Waals surface area contributed by atoms with Crippen LogP contribution in [0.15, 0.2) is 4.52 Å². The van der Waals surface area contributed by atoms with Gasteiger partial charge in [0.2, 0.25) is 5.91 Å². The fourth-order valence-corrected chi connectivity index (χ4v) is 2.06. The van der Waals surface area contributed by atoms with E-state index in [1.54, 1.807) is 6.92 Å². The van der Waals surface area contributed by atoms with Gasteiger partial charge in [0.15, 0.2) is 0 Å². The monoisotopic (exact) mass is 282 g/mol. The van der Waals surface area contributed by atoms with Gasteiger partial charge in [0.1, 0.15) is 12.3 Å². The van der Waals surface area contributed by atoms with Crippen LogP contribution in [0.4, 0.5) is 0 Å². The number of nitrogens with zero attached hydrogens (tertiary/aromatic N) is 2. The Bertz CT molecular complexity index is 480. The summed E-state index contributed by atoms with van der Waals surface area (Å²) in [5, 5.41) is 12.8. The highest BCUT2D eigenvalue weighted by Gasteiger charge is 2.28. The summed E-state index contributed by atoms with van der Waals surface area (Å²) in [4.78, 5) is 24.5. The molecule has 0 atom stereocenters. The lowest BCUT2D eigenvalue weighted by Gasteiger charge is -2.34. The van der Waals surface area contributed by atoms with E-state index in [1.165, 1.54) is 4.90 Å². The van der Waals surface area contributed by atoms with Crippen molar-refractivity contribution in [1.29, 1.82) is 0 Å². The number of aliphatic carboxylic acids is 1. The second-order valence-corrected chi connectivity index (χ2v) is 5.85. The molecule has 6 heteroatoms. The van der Waals surface area contributed by atoms with E-state index in [9.17, 15) is 9.59 Å². The number of carboxylic acid groups (broad SMARTS) is 1. The maximum absolute atomic E-state index is 12.3. The van der Waals surface area contributed by atoms with E-state index in [1.807, 2.05) is 27.7 Å². The maximum atomic E-state index is 12.3. The van der Waals surface area contributed by atoms with Gasteiger partial charge in [0.25, 0.3) is 0 Å². The van der Waals surface area contributed by atoms with E-state index in [4.69, 9.17) is 9.63 Å². The van der Waals surface area contributed by atoms with Crippen molar-refractivity contribution in [2.75, 3.05) is 6.54 Å². The lowest BCUT2D eigenvalue weighted by Crippen LogP contribution is -2.48. The van der Waals surface area contributed by atoms with Crippen LogP contribution in [-0.4, -0.2) is 39.1 Å². The molecule has 0 saturated carbocycles. The summed E-state index contributed by atoms with van der Waals surface area (Å²) < 4.78 is 5.05. The van der Waals surface area contributed by atoms with Crippen LogP contribution in [0, 0.1) is 13.8 Å². The van der Waals surface area contributed by atoms with Gasteiger partial charge in [-0.1, -0.05) is 5.16 Å². The van der Waals surface area contributed by atoms with Gasteiger partial charge in [-0.25, -0.2) is 0 Å². The van der Waals surface area contributed by atoms with E-state index in [0.717, 1.165) is 11.3 Å². The molecule has 1 N–H and O–H groups in total. The second-order valence-electron chi connectivity index (χ2n) is 5.85. The first-order valence-electron chi connectivity index (χ1n) is 6.57. The van der Waals surface area contributed by atoms with Crippen LogP contribution in [0.1, 0.15) is 44.2 Å². The Kier molecular flexibility index (Phi) is 4.92. The van der Waals surface area contributed by atoms with Gasteiger partial charge in [0, 0.05) is 17.5 Å². The first kappa shape index (κ1) is 16.2. The molecule has 6 nitrogen and oxygen atoms in total. The third-order valence-corrected chi connectivity index (χ3v) is 3.17. The van der Waals surface area contributed by atoms with Gasteiger partial charge >= 0.3 is 5.97 Å². The van der Waals surface area contributed by atoms with Crippen LogP contribution in [0.25, 0.3) is 0 Å². The molecule has 0 aliphatic rings. The van der Waals surface area contributed by atoms with Crippen LogP contribution < -0.4 is 0 Å². The third kappa shape index (κ3) is 4.08. The molecule has 0 aromatic carbocycles. The average Bonchev–Trinajstić information content (AvgIpc) is 2.61. The zero-order chi connectivity index (χ0) is 15.5. The zero-order valence-electron chi connectivity index (χ0n) is 12.7. The Balaban J connectivity index is 2.75. The van der Waals surface area contributed by atoms with Crippen molar-refractivity contribution in [3.05, 3.63) is 17.0 Å². The van der Waals surface area contributed by atoms with E-state index in [-0.39, 0.29) is 18.9 Å². The molecular weight excluding hydrogens is 260 g/mol. The van der Waals surface area contributed by atoms with Gasteiger partial charge in [0.05, 0.1) is 5.69 Å². The molecule has 1 amide bonds. The van der Waals surface area contributed by atoms with E-state index >= 15 is 0 Å². The second kappa shape index (κ2) is 6.07. The molecule has 1 aromatic rings. The van der Waals surface area contributed by atoms with Crippen molar-refractivity contribution in [2.24, 2.45) is 0 Å². The Morgan fingerprint density at radius 2 is 1.90 bits per heavy atom. The molecule has 0 saturated heterocycles. The summed E-state index contributed by atoms with van der Waals surface area (Å²) in [6.07, 6.45) is 0.750. The number of aromatic nitrogens is 1. The number of hydrogen-bond donors (Lipinski definition) is 1. The van der Waals surface area contributed by atoms with Crippen LogP contribution in [0.2, 0.25) is 0 Å².